The van der Waals surface area contributed by atoms with Crippen molar-refractivity contribution >= 4 is 14.5 Å². The van der Waals surface area contributed by atoms with Crippen LogP contribution in [0.3, 0.4) is 0 Å². The van der Waals surface area contributed by atoms with Crippen LogP contribution >= 0.6 is 0 Å². The minimum Gasteiger partial charge on any atom is -0.487 e. The van der Waals surface area contributed by atoms with Crippen LogP contribution < -0.4 is 0 Å². The molecule has 0 aliphatic carbocycles. The Bertz CT molecular complexity index is 309. The molecule has 0 aromatic carbocycles. The van der Waals surface area contributed by atoms with E-state index in [9.17, 15) is 0 Å². The Hall–Kier alpha value is 0.452. The molecule has 0 radical (unpaired) electrons. The molecule has 3 heteroatoms. The van der Waals surface area contributed by atoms with Crippen molar-refractivity contribution in [3.63, 3.8) is 0 Å². The Morgan fingerprint density at radius 1 is 0.586 bits per heavy atom. The van der Waals surface area contributed by atoms with Gasteiger partial charge in [-0.2, -0.15) is 0 Å². The first-order chi connectivity index (χ1) is 13.9. The third-order valence-corrected chi connectivity index (χ3v) is 8.75. The molecule has 0 amide bonds. The molecule has 0 saturated carbocycles. The highest BCUT2D eigenvalue weighted by Crippen LogP contribution is 2.19. The first-order valence-electron chi connectivity index (χ1n) is 13.3. The molecule has 0 bridgehead atoms. The zero-order chi connectivity index (χ0) is 21.9. The number of rotatable bonds is 21. The summed E-state index contributed by atoms with van der Waals surface area (Å²) in [5.74, 6) is 1.41. The monoisotopic (exact) mass is 425 g/mol. The van der Waals surface area contributed by atoms with Gasteiger partial charge in [0.25, 0.3) is 0 Å². The third-order valence-electron chi connectivity index (χ3n) is 5.86. The van der Waals surface area contributed by atoms with Gasteiger partial charge in [-0.3, -0.25) is 4.90 Å². The van der Waals surface area contributed by atoms with E-state index in [1.165, 1.54) is 87.6 Å². The van der Waals surface area contributed by atoms with E-state index in [0.29, 0.717) is 18.1 Å². The van der Waals surface area contributed by atoms with Crippen molar-refractivity contribution in [2.24, 2.45) is 11.8 Å². The SMILES string of the molecule is CCCCCCC[CH2][Al]([CH2]CCCCCCC)[O]C(C)N(CC(C)C)CC(C)C. The second-order valence-electron chi connectivity index (χ2n) is 10.2. The van der Waals surface area contributed by atoms with E-state index in [-0.39, 0.29) is 0 Å². The first kappa shape index (κ1) is 29.5. The summed E-state index contributed by atoms with van der Waals surface area (Å²) in [6.07, 6.45) is 17.1. The van der Waals surface area contributed by atoms with Gasteiger partial charge >= 0.3 is 14.5 Å². The zero-order valence-electron chi connectivity index (χ0n) is 21.5. The van der Waals surface area contributed by atoms with Crippen molar-refractivity contribution in [3.05, 3.63) is 0 Å². The van der Waals surface area contributed by atoms with E-state index in [2.05, 4.69) is 53.4 Å². The van der Waals surface area contributed by atoms with Gasteiger partial charge in [0.2, 0.25) is 0 Å². The fraction of sp³-hybridized carbons (Fsp3) is 1.00. The van der Waals surface area contributed by atoms with Gasteiger partial charge in [-0.15, -0.1) is 0 Å². The number of unbranched alkanes of at least 4 members (excludes halogenated alkanes) is 10. The largest absolute Gasteiger partial charge is 0.487 e. The normalized spacial score (nSPS) is 13.0. The fourth-order valence-electron chi connectivity index (χ4n) is 4.26. The van der Waals surface area contributed by atoms with Crippen LogP contribution in [0.1, 0.15) is 126 Å². The molecule has 174 valence electrons. The standard InChI is InChI=1S/C10H22NO.2C8H17.Al/c1-8(2)6-11(10(5)12)7-9(3)4;2*1-3-5-7-8-6-4-2;/h8-10H,6-7H2,1-5H3;2*1,3-8H2,2H3;/q-1;;;+1. The number of hydrogen-bond donors (Lipinski definition) is 0. The van der Waals surface area contributed by atoms with Crippen LogP contribution in [0.15, 0.2) is 0 Å². The molecule has 1 atom stereocenters. The molecule has 2 nitrogen and oxygen atoms in total. The lowest BCUT2D eigenvalue weighted by atomic mass is 10.1. The molecule has 0 fully saturated rings. The lowest BCUT2D eigenvalue weighted by Crippen LogP contribution is -2.42. The quantitative estimate of drug-likeness (QED) is 0.104. The van der Waals surface area contributed by atoms with Gasteiger partial charge in [-0.05, 0) is 18.8 Å². The Balaban J connectivity index is 4.52. The zero-order valence-corrected chi connectivity index (χ0v) is 22.6. The van der Waals surface area contributed by atoms with Gasteiger partial charge < -0.3 is 3.79 Å². The van der Waals surface area contributed by atoms with Crippen molar-refractivity contribution < 1.29 is 3.79 Å². The van der Waals surface area contributed by atoms with Gasteiger partial charge in [0.1, 0.15) is 0 Å². The van der Waals surface area contributed by atoms with Crippen molar-refractivity contribution in [1.82, 2.24) is 4.90 Å². The summed E-state index contributed by atoms with van der Waals surface area (Å²) in [6.45, 7) is 18.6. The van der Waals surface area contributed by atoms with E-state index in [1.807, 2.05) is 0 Å². The topological polar surface area (TPSA) is 12.5 Å². The van der Waals surface area contributed by atoms with Crippen LogP contribution in [0.2, 0.25) is 10.6 Å². The van der Waals surface area contributed by atoms with Crippen LogP contribution in [0.25, 0.3) is 0 Å². The lowest BCUT2D eigenvalue weighted by molar-refractivity contribution is 0.0199. The highest BCUT2D eigenvalue weighted by atomic mass is 27.2. The van der Waals surface area contributed by atoms with Gasteiger partial charge in [-0.1, -0.05) is 129 Å². The Labute approximate surface area is 190 Å². The molecule has 0 aromatic rings. The molecule has 1 unspecified atom stereocenters. The third kappa shape index (κ3) is 18.9. The molecular weight excluding hydrogens is 369 g/mol. The van der Waals surface area contributed by atoms with Crippen molar-refractivity contribution in [2.45, 2.75) is 142 Å². The Kier molecular flexibility index (Phi) is 20.7. The van der Waals surface area contributed by atoms with Crippen LogP contribution in [0, 0.1) is 11.8 Å². The molecule has 0 aromatic heterocycles. The van der Waals surface area contributed by atoms with Crippen molar-refractivity contribution in [2.75, 3.05) is 13.1 Å². The molecule has 0 heterocycles. The van der Waals surface area contributed by atoms with Crippen LogP contribution in [-0.4, -0.2) is 38.7 Å². The van der Waals surface area contributed by atoms with Gasteiger partial charge in [0.05, 0.1) is 6.23 Å². The minimum atomic E-state index is -1.10. The maximum atomic E-state index is 6.83. The van der Waals surface area contributed by atoms with E-state index < -0.39 is 14.5 Å². The van der Waals surface area contributed by atoms with Crippen LogP contribution in [-0.2, 0) is 3.79 Å². The Morgan fingerprint density at radius 2 is 0.966 bits per heavy atom. The van der Waals surface area contributed by atoms with E-state index in [0.717, 1.165) is 13.1 Å². The van der Waals surface area contributed by atoms with Crippen LogP contribution in [0.5, 0.6) is 0 Å². The molecule has 0 aliphatic rings. The van der Waals surface area contributed by atoms with E-state index in [1.54, 1.807) is 0 Å². The number of hydrogen-bond acceptors (Lipinski definition) is 2. The predicted molar refractivity (Wildman–Crippen MR) is 134 cm³/mol. The average molecular weight is 426 g/mol. The minimum absolute atomic E-state index is 0.302. The van der Waals surface area contributed by atoms with E-state index in [4.69, 9.17) is 3.79 Å². The van der Waals surface area contributed by atoms with E-state index >= 15 is 0 Å². The summed E-state index contributed by atoms with van der Waals surface area (Å²) >= 11 is -1.10. The summed E-state index contributed by atoms with van der Waals surface area (Å²) in [5.41, 5.74) is 0. The summed E-state index contributed by atoms with van der Waals surface area (Å²) in [6, 6.07) is 0. The lowest BCUT2D eigenvalue weighted by Gasteiger charge is -2.34. The highest BCUT2D eigenvalue weighted by Gasteiger charge is 2.25. The summed E-state index contributed by atoms with van der Waals surface area (Å²) < 4.78 is 6.83. The van der Waals surface area contributed by atoms with Gasteiger partial charge in [0, 0.05) is 13.1 Å². The van der Waals surface area contributed by atoms with Gasteiger partial charge in [-0.25, -0.2) is 0 Å². The second kappa shape index (κ2) is 20.4. The molecule has 0 aliphatic heterocycles. The predicted octanol–water partition coefficient (Wildman–Crippen LogP) is 8.68. The maximum Gasteiger partial charge on any atom is 0.461 e. The first-order valence-corrected chi connectivity index (χ1v) is 15.4. The average Bonchev–Trinajstić information content (AvgIpc) is 2.65. The Morgan fingerprint density at radius 3 is 1.34 bits per heavy atom. The molecular formula is C26H56AlNO. The second-order valence-corrected chi connectivity index (χ2v) is 12.9. The molecule has 0 rings (SSSR count). The van der Waals surface area contributed by atoms with Crippen molar-refractivity contribution in [3.8, 4) is 0 Å². The summed E-state index contributed by atoms with van der Waals surface area (Å²) in [7, 11) is 0. The molecule has 0 saturated heterocycles. The maximum absolute atomic E-state index is 6.83. The van der Waals surface area contributed by atoms with Gasteiger partial charge in [0.15, 0.2) is 0 Å². The van der Waals surface area contributed by atoms with Crippen LogP contribution in [0.4, 0.5) is 0 Å². The number of nitrogens with zero attached hydrogens (tertiary/aromatic N) is 1. The summed E-state index contributed by atoms with van der Waals surface area (Å²) in [4.78, 5) is 2.61. The smallest absolute Gasteiger partial charge is 0.461 e. The molecule has 29 heavy (non-hydrogen) atoms. The molecule has 0 spiro atoms. The highest BCUT2D eigenvalue weighted by molar-refractivity contribution is 6.51. The molecule has 0 N–H and O–H groups in total. The van der Waals surface area contributed by atoms with Crippen molar-refractivity contribution in [1.29, 1.82) is 0 Å². The summed E-state index contributed by atoms with van der Waals surface area (Å²) in [5, 5.41) is 2.78. The fourth-order valence-corrected chi connectivity index (χ4v) is 7.04.